The van der Waals surface area contributed by atoms with Gasteiger partial charge in [-0.15, -0.1) is 0 Å². The van der Waals surface area contributed by atoms with E-state index in [9.17, 15) is 4.79 Å². The fourth-order valence-electron chi connectivity index (χ4n) is 3.67. The number of hydrogen-bond donors (Lipinski definition) is 1. The smallest absolute Gasteiger partial charge is 0.216 e. The fraction of sp³-hybridized carbons (Fsp3) is 0.750. The maximum Gasteiger partial charge on any atom is 0.216 e. The molecular formula is C12H17NO. The van der Waals surface area contributed by atoms with Crippen molar-refractivity contribution in [3.63, 3.8) is 0 Å². The van der Waals surface area contributed by atoms with E-state index in [0.717, 1.165) is 24.3 Å². The molecule has 2 fully saturated rings. The van der Waals surface area contributed by atoms with Gasteiger partial charge in [-0.25, -0.2) is 0 Å². The van der Waals surface area contributed by atoms with Crippen molar-refractivity contribution >= 4 is 5.91 Å². The van der Waals surface area contributed by atoms with E-state index < -0.39 is 0 Å². The second-order valence-corrected chi connectivity index (χ2v) is 5.36. The first-order chi connectivity index (χ1) is 6.69. The molecule has 14 heavy (non-hydrogen) atoms. The van der Waals surface area contributed by atoms with Gasteiger partial charge in [0.25, 0.3) is 0 Å². The number of amides is 1. The summed E-state index contributed by atoms with van der Waals surface area (Å²) in [7, 11) is 0. The van der Waals surface area contributed by atoms with Crippen molar-refractivity contribution in [2.75, 3.05) is 6.54 Å². The summed E-state index contributed by atoms with van der Waals surface area (Å²) in [6.45, 7) is 2.47. The van der Waals surface area contributed by atoms with Gasteiger partial charge in [-0.3, -0.25) is 4.79 Å². The Bertz CT molecular complexity index is 305. The van der Waals surface area contributed by atoms with E-state index in [1.807, 2.05) is 0 Å². The second-order valence-electron chi connectivity index (χ2n) is 5.36. The number of nitrogens with one attached hydrogen (secondary N) is 1. The first-order valence-electron chi connectivity index (χ1n) is 5.62. The molecule has 2 bridgehead atoms. The molecule has 0 radical (unpaired) electrons. The van der Waals surface area contributed by atoms with Gasteiger partial charge in [0.05, 0.1) is 0 Å². The summed E-state index contributed by atoms with van der Waals surface area (Å²) < 4.78 is 0. The van der Waals surface area contributed by atoms with Crippen LogP contribution in [0.3, 0.4) is 0 Å². The molecule has 3 rings (SSSR count). The predicted octanol–water partition coefficient (Wildman–Crippen LogP) is 1.72. The highest BCUT2D eigenvalue weighted by Crippen LogP contribution is 2.62. The Balaban J connectivity index is 1.75. The van der Waals surface area contributed by atoms with Crippen molar-refractivity contribution < 1.29 is 4.79 Å². The van der Waals surface area contributed by atoms with Crippen LogP contribution in [-0.4, -0.2) is 12.5 Å². The number of carbonyl (C=O) groups excluding carboxylic acids is 1. The Hall–Kier alpha value is -0.790. The molecule has 2 nitrogen and oxygen atoms in total. The molecule has 76 valence electrons. The summed E-state index contributed by atoms with van der Waals surface area (Å²) in [5, 5.41) is 2.98. The van der Waals surface area contributed by atoms with Crippen LogP contribution < -0.4 is 5.32 Å². The lowest BCUT2D eigenvalue weighted by molar-refractivity contribution is -0.119. The molecule has 0 spiro atoms. The zero-order valence-corrected chi connectivity index (χ0v) is 8.62. The average molecular weight is 191 g/mol. The van der Waals surface area contributed by atoms with Gasteiger partial charge >= 0.3 is 0 Å². The molecule has 3 aliphatic rings. The van der Waals surface area contributed by atoms with Crippen molar-refractivity contribution in [2.45, 2.75) is 26.2 Å². The minimum Gasteiger partial charge on any atom is -0.355 e. The predicted molar refractivity (Wildman–Crippen MR) is 54.6 cm³/mol. The number of hydrogen-bond acceptors (Lipinski definition) is 1. The van der Waals surface area contributed by atoms with Crippen LogP contribution in [0.15, 0.2) is 12.2 Å². The summed E-state index contributed by atoms with van der Waals surface area (Å²) in [5.74, 6) is 2.90. The molecule has 0 aromatic heterocycles. The largest absolute Gasteiger partial charge is 0.355 e. The Labute approximate surface area is 84.8 Å². The van der Waals surface area contributed by atoms with Crippen molar-refractivity contribution in [1.29, 1.82) is 0 Å². The van der Waals surface area contributed by atoms with E-state index in [4.69, 9.17) is 0 Å². The molecule has 0 aliphatic heterocycles. The number of allylic oxidation sites excluding steroid dienone is 1. The van der Waals surface area contributed by atoms with Gasteiger partial charge in [-0.2, -0.15) is 0 Å². The minimum absolute atomic E-state index is 0.106. The summed E-state index contributed by atoms with van der Waals surface area (Å²) in [6.07, 6.45) is 8.82. The normalized spacial score (nSPS) is 47.4. The Morgan fingerprint density at radius 3 is 3.21 bits per heavy atom. The molecule has 0 aromatic carbocycles. The molecule has 1 amide bonds. The molecule has 4 atom stereocenters. The van der Waals surface area contributed by atoms with Gasteiger partial charge in [0, 0.05) is 18.9 Å². The van der Waals surface area contributed by atoms with Crippen LogP contribution in [0.2, 0.25) is 0 Å². The van der Waals surface area contributed by atoms with Crippen molar-refractivity contribution in [3.05, 3.63) is 12.2 Å². The zero-order valence-electron chi connectivity index (χ0n) is 8.62. The summed E-state index contributed by atoms with van der Waals surface area (Å²) in [6, 6.07) is 0. The van der Waals surface area contributed by atoms with Gasteiger partial charge in [-0.1, -0.05) is 12.2 Å². The molecule has 0 saturated heterocycles. The maximum atomic E-state index is 10.9. The molecular weight excluding hydrogens is 174 g/mol. The number of rotatable bonds is 2. The topological polar surface area (TPSA) is 29.1 Å². The van der Waals surface area contributed by atoms with E-state index in [-0.39, 0.29) is 5.91 Å². The van der Waals surface area contributed by atoms with Crippen molar-refractivity contribution in [1.82, 2.24) is 5.32 Å². The van der Waals surface area contributed by atoms with Gasteiger partial charge < -0.3 is 5.32 Å². The first kappa shape index (κ1) is 8.51. The summed E-state index contributed by atoms with van der Waals surface area (Å²) >= 11 is 0. The summed E-state index contributed by atoms with van der Waals surface area (Å²) in [4.78, 5) is 10.9. The van der Waals surface area contributed by atoms with Crippen molar-refractivity contribution in [3.8, 4) is 0 Å². The highest BCUT2D eigenvalue weighted by Gasteiger charge is 2.54. The third kappa shape index (κ3) is 1.06. The fourth-order valence-corrected chi connectivity index (χ4v) is 3.67. The van der Waals surface area contributed by atoms with E-state index in [1.165, 1.54) is 19.3 Å². The monoisotopic (exact) mass is 191 g/mol. The van der Waals surface area contributed by atoms with Gasteiger partial charge in [0.15, 0.2) is 0 Å². The van der Waals surface area contributed by atoms with E-state index >= 15 is 0 Å². The molecule has 3 unspecified atom stereocenters. The lowest BCUT2D eigenvalue weighted by Gasteiger charge is -2.40. The van der Waals surface area contributed by atoms with Gasteiger partial charge in [0.2, 0.25) is 5.91 Å². The third-order valence-corrected chi connectivity index (χ3v) is 4.43. The van der Waals surface area contributed by atoms with Crippen molar-refractivity contribution in [2.24, 2.45) is 23.2 Å². The molecule has 2 heteroatoms. The van der Waals surface area contributed by atoms with Crippen LogP contribution in [0.25, 0.3) is 0 Å². The van der Waals surface area contributed by atoms with Crippen LogP contribution in [0.4, 0.5) is 0 Å². The lowest BCUT2D eigenvalue weighted by atomic mass is 9.65. The SMILES string of the molecule is CC(=O)NC[C@]12C=CC3CC(C1)C3C2. The summed E-state index contributed by atoms with van der Waals surface area (Å²) in [5.41, 5.74) is 0.327. The zero-order chi connectivity index (χ0) is 9.76. The molecule has 1 N–H and O–H groups in total. The highest BCUT2D eigenvalue weighted by molar-refractivity contribution is 5.72. The average Bonchev–Trinajstić information content (AvgIpc) is 2.31. The Kier molecular flexibility index (Phi) is 1.59. The molecule has 0 aromatic rings. The lowest BCUT2D eigenvalue weighted by Crippen LogP contribution is -2.36. The van der Waals surface area contributed by atoms with Crippen LogP contribution in [-0.2, 0) is 4.79 Å². The van der Waals surface area contributed by atoms with E-state index in [0.29, 0.717) is 5.41 Å². The second kappa shape index (κ2) is 2.62. The van der Waals surface area contributed by atoms with Crippen LogP contribution in [0.5, 0.6) is 0 Å². The quantitative estimate of drug-likeness (QED) is 0.662. The van der Waals surface area contributed by atoms with Gasteiger partial charge in [0.1, 0.15) is 0 Å². The molecule has 2 saturated carbocycles. The van der Waals surface area contributed by atoms with Gasteiger partial charge in [-0.05, 0) is 37.0 Å². The first-order valence-corrected chi connectivity index (χ1v) is 5.62. The maximum absolute atomic E-state index is 10.9. The van der Waals surface area contributed by atoms with Crippen LogP contribution >= 0.6 is 0 Å². The Morgan fingerprint density at radius 2 is 2.43 bits per heavy atom. The van der Waals surface area contributed by atoms with Crippen LogP contribution in [0.1, 0.15) is 26.2 Å². The Morgan fingerprint density at radius 1 is 1.57 bits per heavy atom. The van der Waals surface area contributed by atoms with E-state index in [1.54, 1.807) is 6.92 Å². The number of fused-ring (bicyclic) bond motifs is 1. The molecule has 3 aliphatic carbocycles. The minimum atomic E-state index is 0.106. The van der Waals surface area contributed by atoms with Crippen LogP contribution in [0, 0.1) is 23.2 Å². The van der Waals surface area contributed by atoms with E-state index in [2.05, 4.69) is 17.5 Å². The molecule has 0 heterocycles. The standard InChI is InChI=1S/C12H17NO/c1-8(14)13-7-12-3-2-9-4-10(5-12)11(9)6-12/h2-3,9-11H,4-7H2,1H3,(H,13,14)/t9?,10?,11?,12-/m1/s1. The number of carbonyl (C=O) groups is 1. The highest BCUT2D eigenvalue weighted by atomic mass is 16.1. The third-order valence-electron chi connectivity index (χ3n) is 4.43.